The molecule has 4 heterocycles. The Kier molecular flexibility index (Phi) is 6.38. The summed E-state index contributed by atoms with van der Waals surface area (Å²) in [6.45, 7) is 6.12. The van der Waals surface area contributed by atoms with Gasteiger partial charge in [0.15, 0.2) is 5.82 Å². The molecule has 178 valence electrons. The number of ether oxygens (including phenoxy) is 1. The quantitative estimate of drug-likeness (QED) is 0.408. The Bertz CT molecular complexity index is 1330. The summed E-state index contributed by atoms with van der Waals surface area (Å²) in [6, 6.07) is 18.4. The lowest BCUT2D eigenvalue weighted by Gasteiger charge is -2.17. The fraction of sp³-hybridized carbons (Fsp3) is 0.269. The van der Waals surface area contributed by atoms with Crippen LogP contribution < -0.4 is 15.0 Å². The van der Waals surface area contributed by atoms with E-state index in [1.807, 2.05) is 48.7 Å². The number of carbonyl (C=O) groups excluding carboxylic acids is 1. The van der Waals surface area contributed by atoms with E-state index in [4.69, 9.17) is 4.74 Å². The number of hydrogen-bond acceptors (Lipinski definition) is 7. The van der Waals surface area contributed by atoms with Gasteiger partial charge in [-0.05, 0) is 63.1 Å². The van der Waals surface area contributed by atoms with Crippen molar-refractivity contribution in [3.63, 3.8) is 0 Å². The number of amides is 1. The van der Waals surface area contributed by atoms with Gasteiger partial charge in [-0.2, -0.15) is 4.98 Å². The molecule has 0 unspecified atom stereocenters. The van der Waals surface area contributed by atoms with E-state index in [0.29, 0.717) is 34.5 Å². The number of rotatable bonds is 7. The second kappa shape index (κ2) is 9.92. The van der Waals surface area contributed by atoms with Gasteiger partial charge >= 0.3 is 0 Å². The van der Waals surface area contributed by atoms with Crippen molar-refractivity contribution in [2.75, 3.05) is 23.3 Å². The molecule has 0 saturated carbocycles. The number of hydrogen-bond donors (Lipinski definition) is 1. The number of nitrogens with one attached hydrogen (secondary N) is 1. The van der Waals surface area contributed by atoms with Gasteiger partial charge < -0.3 is 19.5 Å². The molecule has 1 amide bonds. The van der Waals surface area contributed by atoms with Crippen molar-refractivity contribution in [3.05, 3.63) is 72.6 Å². The summed E-state index contributed by atoms with van der Waals surface area (Å²) >= 11 is 0. The molecule has 0 aliphatic carbocycles. The topological polar surface area (TPSA) is 98.1 Å². The van der Waals surface area contributed by atoms with Crippen LogP contribution in [0, 0.1) is 0 Å². The second-order valence-electron chi connectivity index (χ2n) is 8.68. The minimum absolute atomic E-state index is 0.188. The van der Waals surface area contributed by atoms with Crippen molar-refractivity contribution in [2.24, 2.45) is 0 Å². The molecule has 1 aliphatic heterocycles. The Hall–Kier alpha value is -4.27. The fourth-order valence-electron chi connectivity index (χ4n) is 4.03. The number of pyridine rings is 2. The molecule has 35 heavy (non-hydrogen) atoms. The highest BCUT2D eigenvalue weighted by Gasteiger charge is 2.15. The van der Waals surface area contributed by atoms with E-state index in [0.717, 1.165) is 18.9 Å². The fourth-order valence-corrected chi connectivity index (χ4v) is 4.03. The van der Waals surface area contributed by atoms with Gasteiger partial charge in [-0.1, -0.05) is 18.2 Å². The maximum atomic E-state index is 13.0. The van der Waals surface area contributed by atoms with Crippen LogP contribution in [0.25, 0.3) is 11.5 Å². The normalized spacial score (nSPS) is 13.3. The van der Waals surface area contributed by atoms with Gasteiger partial charge in [0.25, 0.3) is 5.91 Å². The van der Waals surface area contributed by atoms with E-state index >= 15 is 0 Å². The Morgan fingerprint density at radius 2 is 1.80 bits per heavy atom. The molecule has 0 bridgehead atoms. The molecule has 9 heteroatoms. The van der Waals surface area contributed by atoms with Crippen molar-refractivity contribution in [1.29, 1.82) is 0 Å². The number of anilines is 2. The summed E-state index contributed by atoms with van der Waals surface area (Å²) in [4.78, 5) is 24.4. The van der Waals surface area contributed by atoms with E-state index in [1.54, 1.807) is 36.7 Å². The van der Waals surface area contributed by atoms with Gasteiger partial charge in [0.2, 0.25) is 5.88 Å². The molecule has 3 aromatic heterocycles. The van der Waals surface area contributed by atoms with Gasteiger partial charge in [-0.25, -0.2) is 4.98 Å². The van der Waals surface area contributed by atoms with Crippen molar-refractivity contribution in [3.8, 4) is 23.1 Å². The molecule has 1 fully saturated rings. The van der Waals surface area contributed by atoms with Gasteiger partial charge in [-0.15, -0.1) is 10.2 Å². The molecular weight excluding hydrogens is 442 g/mol. The zero-order valence-electron chi connectivity index (χ0n) is 19.8. The maximum Gasteiger partial charge on any atom is 0.256 e. The third kappa shape index (κ3) is 5.13. The molecule has 1 N–H and O–H groups in total. The minimum Gasteiger partial charge on any atom is -0.439 e. The monoisotopic (exact) mass is 469 g/mol. The number of aromatic nitrogens is 5. The minimum atomic E-state index is -0.288. The predicted octanol–water partition coefficient (Wildman–Crippen LogP) is 4.96. The lowest BCUT2D eigenvalue weighted by Crippen LogP contribution is -2.18. The molecule has 0 radical (unpaired) electrons. The van der Waals surface area contributed by atoms with Crippen LogP contribution >= 0.6 is 0 Å². The summed E-state index contributed by atoms with van der Waals surface area (Å²) in [7, 11) is 0. The summed E-state index contributed by atoms with van der Waals surface area (Å²) in [5.74, 6) is 2.73. The molecule has 5 rings (SSSR count). The van der Waals surface area contributed by atoms with Crippen molar-refractivity contribution >= 4 is 17.5 Å². The first-order valence-electron chi connectivity index (χ1n) is 11.7. The van der Waals surface area contributed by atoms with Crippen LogP contribution in [-0.4, -0.2) is 43.7 Å². The molecule has 0 spiro atoms. The van der Waals surface area contributed by atoms with Crippen molar-refractivity contribution in [1.82, 2.24) is 24.7 Å². The zero-order chi connectivity index (χ0) is 24.2. The lowest BCUT2D eigenvalue weighted by atomic mass is 10.2. The Morgan fingerprint density at radius 1 is 1.00 bits per heavy atom. The lowest BCUT2D eigenvalue weighted by molar-refractivity contribution is 0.102. The summed E-state index contributed by atoms with van der Waals surface area (Å²) in [5.41, 5.74) is 1.09. The predicted molar refractivity (Wildman–Crippen MR) is 134 cm³/mol. The summed E-state index contributed by atoms with van der Waals surface area (Å²) < 4.78 is 7.90. The summed E-state index contributed by atoms with van der Waals surface area (Å²) in [6.07, 6.45) is 4.03. The molecule has 4 aromatic rings. The highest BCUT2D eigenvalue weighted by Crippen LogP contribution is 2.25. The van der Waals surface area contributed by atoms with E-state index < -0.39 is 0 Å². The van der Waals surface area contributed by atoms with Crippen LogP contribution in [0.5, 0.6) is 11.6 Å². The molecule has 1 aliphatic rings. The molecule has 1 aromatic carbocycles. The molecular formula is C26H27N7O2. The summed E-state index contributed by atoms with van der Waals surface area (Å²) in [5, 5.41) is 11.0. The Labute approximate surface area is 203 Å². The third-order valence-corrected chi connectivity index (χ3v) is 5.81. The Morgan fingerprint density at radius 3 is 2.63 bits per heavy atom. The largest absolute Gasteiger partial charge is 0.439 e. The van der Waals surface area contributed by atoms with E-state index in [-0.39, 0.29) is 11.9 Å². The maximum absolute atomic E-state index is 13.0. The first-order valence-corrected chi connectivity index (χ1v) is 11.7. The highest BCUT2D eigenvalue weighted by atomic mass is 16.5. The second-order valence-corrected chi connectivity index (χ2v) is 8.68. The smallest absolute Gasteiger partial charge is 0.256 e. The molecule has 0 atom stereocenters. The van der Waals surface area contributed by atoms with Gasteiger partial charge in [0.05, 0.1) is 0 Å². The van der Waals surface area contributed by atoms with Crippen LogP contribution in [0.3, 0.4) is 0 Å². The number of benzene rings is 1. The zero-order valence-corrected chi connectivity index (χ0v) is 19.8. The van der Waals surface area contributed by atoms with Crippen LogP contribution in [0.15, 0.2) is 67.0 Å². The average Bonchev–Trinajstić information content (AvgIpc) is 3.57. The van der Waals surface area contributed by atoms with Gasteiger partial charge in [0, 0.05) is 30.8 Å². The standard InChI is InChI=1S/C26H27N7O2/c1-18(2)33-17-27-31-25(33)21-10-6-11-22(28-21)29-26(34)19-8-5-9-20(16-19)35-24-13-7-12-23(30-24)32-14-3-4-15-32/h5-13,16-18H,3-4,14-15H2,1-2H3,(H,28,29,34). The first-order chi connectivity index (χ1) is 17.1. The molecule has 1 saturated heterocycles. The average molecular weight is 470 g/mol. The van der Waals surface area contributed by atoms with E-state index in [9.17, 15) is 4.79 Å². The van der Waals surface area contributed by atoms with Crippen molar-refractivity contribution in [2.45, 2.75) is 32.7 Å². The highest BCUT2D eigenvalue weighted by molar-refractivity contribution is 6.04. The number of carbonyl (C=O) groups is 1. The van der Waals surface area contributed by atoms with E-state index in [2.05, 4.69) is 30.4 Å². The van der Waals surface area contributed by atoms with Crippen molar-refractivity contribution < 1.29 is 9.53 Å². The van der Waals surface area contributed by atoms with Gasteiger partial charge in [-0.3, -0.25) is 4.79 Å². The van der Waals surface area contributed by atoms with Crippen LogP contribution in [0.1, 0.15) is 43.1 Å². The number of nitrogens with zero attached hydrogens (tertiary/aromatic N) is 6. The van der Waals surface area contributed by atoms with E-state index in [1.165, 1.54) is 12.8 Å². The van der Waals surface area contributed by atoms with Crippen LogP contribution in [0.4, 0.5) is 11.6 Å². The van der Waals surface area contributed by atoms with Crippen LogP contribution in [-0.2, 0) is 0 Å². The Balaban J connectivity index is 1.30. The SMILES string of the molecule is CC(C)n1cnnc1-c1cccc(NC(=O)c2cccc(Oc3cccc(N4CCCC4)n3)c2)n1. The molecule has 9 nitrogen and oxygen atoms in total. The third-order valence-electron chi connectivity index (χ3n) is 5.81. The van der Waals surface area contributed by atoms with Crippen LogP contribution in [0.2, 0.25) is 0 Å². The van der Waals surface area contributed by atoms with Gasteiger partial charge in [0.1, 0.15) is 29.4 Å². The first kappa shape index (κ1) is 22.5.